The summed E-state index contributed by atoms with van der Waals surface area (Å²) in [4.78, 5) is 3.27. The van der Waals surface area contributed by atoms with Crippen molar-refractivity contribution >= 4 is 0 Å². The molecule has 17 atom stereocenters. The number of fused-ring (bicyclic) bond motifs is 7. The van der Waals surface area contributed by atoms with Gasteiger partial charge in [-0.3, -0.25) is 0 Å². The fraction of sp³-hybridized carbons (Fsp3) is 0.753. The maximum absolute atomic E-state index is 7.14. The van der Waals surface area contributed by atoms with Gasteiger partial charge < -0.3 is 15.0 Å². The Morgan fingerprint density at radius 3 is 2.11 bits per heavy atom. The molecule has 0 radical (unpaired) electrons. The van der Waals surface area contributed by atoms with Crippen LogP contribution in [0.15, 0.2) is 120 Å². The first-order valence-corrected chi connectivity index (χ1v) is 37.1. The Kier molecular flexibility index (Phi) is 16.3. The highest BCUT2D eigenvalue weighted by atomic mass is 16.5. The SMILES string of the molecule is C=CC1CCC(OC2CCC(C3(C4C=CCCC4)C4C=CCCC4C4CCC(N(C5=CC6=C(CC5)C5C=CC(C7C=CC(NC8CCCCC8)C(C8C=CCCC8)C7)CC5C6(C)C)C5C=CC6=C(C5)C(C)(C)C5CCCCC65)CC43)CC2)CC1. The molecule has 0 heterocycles. The lowest BCUT2D eigenvalue weighted by atomic mass is 9.50. The molecular formula is C81H116N2O. The van der Waals surface area contributed by atoms with Crippen LogP contribution in [0.2, 0.25) is 0 Å². The molecule has 0 amide bonds. The summed E-state index contributed by atoms with van der Waals surface area (Å²) < 4.78 is 7.14. The van der Waals surface area contributed by atoms with Crippen LogP contribution in [0.5, 0.6) is 0 Å². The molecule has 0 aliphatic heterocycles. The van der Waals surface area contributed by atoms with E-state index in [-0.39, 0.29) is 5.41 Å². The second-order valence-electron chi connectivity index (χ2n) is 33.2. The van der Waals surface area contributed by atoms with Crippen LogP contribution in [0.25, 0.3) is 0 Å². The zero-order valence-electron chi connectivity index (χ0n) is 53.6. The maximum Gasteiger partial charge on any atom is 0.0579 e. The molecule has 1 N–H and O–H groups in total. The molecule has 0 aromatic rings. The predicted molar refractivity (Wildman–Crippen MR) is 351 cm³/mol. The molecule has 0 bridgehead atoms. The minimum atomic E-state index is 0.164. The fourth-order valence-electron chi connectivity index (χ4n) is 24.9. The number of hydrogen-bond acceptors (Lipinski definition) is 3. The first-order chi connectivity index (χ1) is 41.1. The highest BCUT2D eigenvalue weighted by Gasteiger charge is 2.66. The lowest BCUT2D eigenvalue weighted by Gasteiger charge is -2.56. The van der Waals surface area contributed by atoms with Crippen molar-refractivity contribution in [2.75, 3.05) is 0 Å². The van der Waals surface area contributed by atoms with E-state index >= 15 is 0 Å². The van der Waals surface area contributed by atoms with E-state index in [0.717, 1.165) is 53.3 Å². The lowest BCUT2D eigenvalue weighted by Crippen LogP contribution is -2.53. The van der Waals surface area contributed by atoms with Gasteiger partial charge in [-0.05, 0) is 296 Å². The molecule has 3 heteroatoms. The number of nitrogens with one attached hydrogen (secondary N) is 1. The predicted octanol–water partition coefficient (Wildman–Crippen LogP) is 20.5. The van der Waals surface area contributed by atoms with E-state index in [2.05, 4.69) is 130 Å². The van der Waals surface area contributed by atoms with Crippen LogP contribution in [0.3, 0.4) is 0 Å². The molecular weight excluding hydrogens is 1020 g/mol. The van der Waals surface area contributed by atoms with Crippen LogP contribution >= 0.6 is 0 Å². The molecule has 0 saturated heterocycles. The largest absolute Gasteiger partial charge is 0.375 e. The standard InChI is InChI=1S/C81H116N2O/c1-6-53-30-39-63(40-31-53)84-64-41-34-58(35-42-64)81(57-22-12-8-13-23-57)73-29-19-17-27-66(73)70-46-38-62(52-77(70)81)83(60-36-44-68-65-26-16-18-28-72(65)79(2,3)75(68)50-60)61-37-45-69-67-43-32-56(49-74(67)80(4,5)76(69)51-61)55-33-47-78(82-59-24-14-9-15-25-59)71(48-55)54-20-10-7-11-21-54/h6,10,12,19-20,22,29,32-33,36,43-44,47,51,53-60,62-67,70-74,77-78,82H,1,7-9,11,13-18,21,23-28,30-31,34-35,37-42,45-46,48-50,52H2,2-5H3. The Bertz CT molecular complexity index is 2680. The average molecular weight is 1130 g/mol. The summed E-state index contributed by atoms with van der Waals surface area (Å²) >= 11 is 0. The second kappa shape index (κ2) is 23.8. The summed E-state index contributed by atoms with van der Waals surface area (Å²) in [5.41, 5.74) is 9.82. The number of hydrogen-bond donors (Lipinski definition) is 1. The van der Waals surface area contributed by atoms with Crippen molar-refractivity contribution in [3.05, 3.63) is 120 Å². The van der Waals surface area contributed by atoms with Gasteiger partial charge in [-0.25, -0.2) is 0 Å². The molecule has 15 aliphatic carbocycles. The average Bonchev–Trinajstić information content (AvgIpc) is 3.22. The van der Waals surface area contributed by atoms with Crippen LogP contribution in [-0.2, 0) is 4.74 Å². The van der Waals surface area contributed by atoms with Crippen LogP contribution in [0.1, 0.15) is 240 Å². The molecule has 15 aliphatic rings. The summed E-state index contributed by atoms with van der Waals surface area (Å²) in [6.45, 7) is 15.0. The van der Waals surface area contributed by atoms with Crippen molar-refractivity contribution < 1.29 is 4.74 Å². The molecule has 0 aromatic carbocycles. The van der Waals surface area contributed by atoms with Gasteiger partial charge in [0.1, 0.15) is 0 Å². The lowest BCUT2D eigenvalue weighted by molar-refractivity contribution is -0.0894. The summed E-state index contributed by atoms with van der Waals surface area (Å²) in [6, 6.07) is 2.30. The van der Waals surface area contributed by atoms with Gasteiger partial charge in [0.25, 0.3) is 0 Å². The third-order valence-electron chi connectivity index (χ3n) is 28.9. The Morgan fingerprint density at radius 2 is 1.32 bits per heavy atom. The second-order valence-corrected chi connectivity index (χ2v) is 33.2. The van der Waals surface area contributed by atoms with Crippen molar-refractivity contribution in [1.82, 2.24) is 10.2 Å². The van der Waals surface area contributed by atoms with Gasteiger partial charge in [-0.2, -0.15) is 0 Å². The monoisotopic (exact) mass is 1130 g/mol. The Labute approximate surface area is 512 Å². The minimum absolute atomic E-state index is 0.164. The molecule has 6 fully saturated rings. The molecule has 15 rings (SSSR count). The van der Waals surface area contributed by atoms with Crippen LogP contribution in [0, 0.1) is 105 Å². The minimum Gasteiger partial charge on any atom is -0.375 e. The van der Waals surface area contributed by atoms with Gasteiger partial charge in [-0.1, -0.05) is 150 Å². The van der Waals surface area contributed by atoms with Gasteiger partial charge >= 0.3 is 0 Å². The zero-order chi connectivity index (χ0) is 56.7. The number of rotatable bonds is 12. The summed E-state index contributed by atoms with van der Waals surface area (Å²) in [7, 11) is 0. The van der Waals surface area contributed by atoms with Crippen molar-refractivity contribution in [3.63, 3.8) is 0 Å². The summed E-state index contributed by atoms with van der Waals surface area (Å²) in [5, 5.41) is 4.30. The molecule has 0 spiro atoms. The maximum atomic E-state index is 7.14. The first kappa shape index (κ1) is 57.6. The fourth-order valence-corrected chi connectivity index (χ4v) is 24.9. The third kappa shape index (κ3) is 10.1. The van der Waals surface area contributed by atoms with Crippen molar-refractivity contribution in [2.24, 2.45) is 105 Å². The highest BCUT2D eigenvalue weighted by Crippen LogP contribution is 2.71. The van der Waals surface area contributed by atoms with E-state index < -0.39 is 0 Å². The van der Waals surface area contributed by atoms with Crippen molar-refractivity contribution in [2.45, 2.75) is 276 Å². The van der Waals surface area contributed by atoms with Gasteiger partial charge in [0.2, 0.25) is 0 Å². The number of allylic oxidation sites excluding steroid dienone is 16. The highest BCUT2D eigenvalue weighted by molar-refractivity contribution is 5.48. The normalized spacial score (nSPS) is 45.7. The smallest absolute Gasteiger partial charge is 0.0579 e. The van der Waals surface area contributed by atoms with Gasteiger partial charge in [-0.15, -0.1) is 6.58 Å². The van der Waals surface area contributed by atoms with E-state index in [1.54, 1.807) is 16.8 Å². The summed E-state index contributed by atoms with van der Waals surface area (Å²) in [6.07, 6.45) is 83.6. The molecule has 84 heavy (non-hydrogen) atoms. The Morgan fingerprint density at radius 1 is 0.571 bits per heavy atom. The van der Waals surface area contributed by atoms with E-state index in [1.165, 1.54) is 212 Å². The van der Waals surface area contributed by atoms with Gasteiger partial charge in [0.05, 0.1) is 18.2 Å². The number of nitrogens with zero attached hydrogens (tertiary/aromatic N) is 1. The summed E-state index contributed by atoms with van der Waals surface area (Å²) in [5.74, 6) is 11.1. The number of ether oxygens (including phenoxy) is 1. The van der Waals surface area contributed by atoms with E-state index in [0.29, 0.717) is 82.7 Å². The van der Waals surface area contributed by atoms with Crippen LogP contribution < -0.4 is 5.32 Å². The molecule has 17 unspecified atom stereocenters. The van der Waals surface area contributed by atoms with E-state index in [9.17, 15) is 0 Å². The topological polar surface area (TPSA) is 24.5 Å². The molecule has 456 valence electrons. The van der Waals surface area contributed by atoms with Crippen molar-refractivity contribution in [3.8, 4) is 0 Å². The van der Waals surface area contributed by atoms with Gasteiger partial charge in [0.15, 0.2) is 0 Å². The molecule has 6 saturated carbocycles. The quantitative estimate of drug-likeness (QED) is 0.197. The zero-order valence-corrected chi connectivity index (χ0v) is 53.6. The van der Waals surface area contributed by atoms with E-state index in [4.69, 9.17) is 4.74 Å². The van der Waals surface area contributed by atoms with Crippen LogP contribution in [-0.4, -0.2) is 41.3 Å². The Balaban J connectivity index is 0.738. The Hall–Kier alpha value is -2.88. The first-order valence-electron chi connectivity index (χ1n) is 37.1. The van der Waals surface area contributed by atoms with E-state index in [1.807, 2.05) is 11.1 Å². The molecule has 0 aromatic heterocycles. The molecule has 3 nitrogen and oxygen atoms in total. The van der Waals surface area contributed by atoms with Crippen molar-refractivity contribution in [1.29, 1.82) is 0 Å². The van der Waals surface area contributed by atoms with Crippen LogP contribution in [0.4, 0.5) is 0 Å². The third-order valence-corrected chi connectivity index (χ3v) is 28.9. The van der Waals surface area contributed by atoms with Gasteiger partial charge in [0, 0.05) is 29.7 Å².